The van der Waals surface area contributed by atoms with Gasteiger partial charge < -0.3 is 10.1 Å². The van der Waals surface area contributed by atoms with Crippen LogP contribution in [0.4, 0.5) is 5.69 Å². The summed E-state index contributed by atoms with van der Waals surface area (Å²) in [4.78, 5) is 4.13. The second-order valence-corrected chi connectivity index (χ2v) is 4.04. The van der Waals surface area contributed by atoms with Crippen molar-refractivity contribution in [3.05, 3.63) is 18.5 Å². The van der Waals surface area contributed by atoms with Crippen molar-refractivity contribution in [1.82, 2.24) is 4.98 Å². The molecule has 0 saturated heterocycles. The summed E-state index contributed by atoms with van der Waals surface area (Å²) < 4.78 is 5.59. The minimum Gasteiger partial charge on any atom is -0.492 e. The summed E-state index contributed by atoms with van der Waals surface area (Å²) in [5.41, 5.74) is 1.03. The van der Waals surface area contributed by atoms with Crippen LogP contribution in [-0.4, -0.2) is 18.1 Å². The van der Waals surface area contributed by atoms with Crippen molar-refractivity contribution in [1.29, 1.82) is 0 Å². The number of anilines is 1. The summed E-state index contributed by atoms with van der Waals surface area (Å²) in [5, 5.41) is 3.28. The Morgan fingerprint density at radius 2 is 2.20 bits per heavy atom. The molecule has 0 spiro atoms. The van der Waals surface area contributed by atoms with Crippen LogP contribution in [0.25, 0.3) is 0 Å². The third kappa shape index (κ3) is 4.68. The van der Waals surface area contributed by atoms with Crippen molar-refractivity contribution >= 4 is 5.69 Å². The Morgan fingerprint density at radius 1 is 1.40 bits per heavy atom. The highest BCUT2D eigenvalue weighted by Crippen LogP contribution is 2.15. The van der Waals surface area contributed by atoms with Crippen LogP contribution in [0.15, 0.2) is 18.5 Å². The molecular formula is C12H20N2O. The van der Waals surface area contributed by atoms with Crippen LogP contribution in [0.3, 0.4) is 0 Å². The molecule has 0 aliphatic rings. The average molecular weight is 208 g/mol. The lowest BCUT2D eigenvalue weighted by atomic mass is 10.2. The molecule has 0 aliphatic heterocycles. The first-order valence-electron chi connectivity index (χ1n) is 5.54. The summed E-state index contributed by atoms with van der Waals surface area (Å²) in [7, 11) is 0. The van der Waals surface area contributed by atoms with E-state index in [1.54, 1.807) is 6.20 Å². The van der Waals surface area contributed by atoms with Gasteiger partial charge in [-0.1, -0.05) is 20.8 Å². The summed E-state index contributed by atoms with van der Waals surface area (Å²) in [6, 6.07) is 1.99. The minimum absolute atomic E-state index is 0.539. The van der Waals surface area contributed by atoms with E-state index in [9.17, 15) is 0 Å². The zero-order valence-electron chi connectivity index (χ0n) is 9.79. The Morgan fingerprint density at radius 3 is 2.87 bits per heavy atom. The van der Waals surface area contributed by atoms with Gasteiger partial charge in [-0.05, 0) is 12.3 Å². The molecule has 84 valence electrons. The highest BCUT2D eigenvalue weighted by molar-refractivity contribution is 5.44. The fourth-order valence-corrected chi connectivity index (χ4v) is 1.13. The predicted octanol–water partition coefficient (Wildman–Crippen LogP) is 2.94. The molecule has 1 aromatic rings. The molecule has 1 rings (SSSR count). The van der Waals surface area contributed by atoms with Crippen LogP contribution in [0.1, 0.15) is 27.2 Å². The highest BCUT2D eigenvalue weighted by atomic mass is 16.5. The van der Waals surface area contributed by atoms with E-state index in [1.165, 1.54) is 0 Å². The van der Waals surface area contributed by atoms with E-state index in [2.05, 4.69) is 31.1 Å². The van der Waals surface area contributed by atoms with E-state index in [4.69, 9.17) is 4.74 Å². The number of nitrogens with zero attached hydrogens (tertiary/aromatic N) is 1. The number of nitrogens with one attached hydrogen (secondary N) is 1. The van der Waals surface area contributed by atoms with Crippen LogP contribution in [-0.2, 0) is 0 Å². The third-order valence-electron chi connectivity index (χ3n) is 1.88. The van der Waals surface area contributed by atoms with Crippen molar-refractivity contribution in [2.45, 2.75) is 27.2 Å². The van der Waals surface area contributed by atoms with Crippen LogP contribution in [0.5, 0.6) is 5.75 Å². The van der Waals surface area contributed by atoms with E-state index >= 15 is 0 Å². The van der Waals surface area contributed by atoms with Gasteiger partial charge in [0.15, 0.2) is 0 Å². The standard InChI is InChI=1S/C12H20N2O/c1-4-5-14-11-6-12(8-13-7-11)15-9-10(2)3/h6-8,10,14H,4-5,9H2,1-3H3. The fourth-order valence-electron chi connectivity index (χ4n) is 1.13. The Bertz CT molecular complexity index is 287. The molecule has 0 aliphatic carbocycles. The van der Waals surface area contributed by atoms with Gasteiger partial charge >= 0.3 is 0 Å². The van der Waals surface area contributed by atoms with Gasteiger partial charge in [0.25, 0.3) is 0 Å². The molecule has 3 nitrogen and oxygen atoms in total. The molecule has 1 heterocycles. The topological polar surface area (TPSA) is 34.2 Å². The predicted molar refractivity (Wildman–Crippen MR) is 63.4 cm³/mol. The maximum Gasteiger partial charge on any atom is 0.139 e. The molecule has 0 unspecified atom stereocenters. The number of hydrogen-bond acceptors (Lipinski definition) is 3. The molecule has 1 N–H and O–H groups in total. The second-order valence-electron chi connectivity index (χ2n) is 4.04. The van der Waals surface area contributed by atoms with Gasteiger partial charge in [-0.25, -0.2) is 0 Å². The molecule has 0 aromatic carbocycles. The largest absolute Gasteiger partial charge is 0.492 e. The minimum atomic E-state index is 0.539. The smallest absolute Gasteiger partial charge is 0.139 e. The van der Waals surface area contributed by atoms with Gasteiger partial charge in [0, 0.05) is 12.6 Å². The molecule has 0 fully saturated rings. The maximum atomic E-state index is 5.59. The van der Waals surface area contributed by atoms with E-state index in [0.717, 1.165) is 31.0 Å². The normalized spacial score (nSPS) is 10.4. The summed E-state index contributed by atoms with van der Waals surface area (Å²) >= 11 is 0. The quantitative estimate of drug-likeness (QED) is 0.780. The van der Waals surface area contributed by atoms with Crippen molar-refractivity contribution in [2.24, 2.45) is 5.92 Å². The molecule has 15 heavy (non-hydrogen) atoms. The molecule has 0 bridgehead atoms. The average Bonchev–Trinajstić information content (AvgIpc) is 2.24. The molecule has 0 amide bonds. The van der Waals surface area contributed by atoms with Crippen molar-refractivity contribution in [2.75, 3.05) is 18.5 Å². The Balaban J connectivity index is 2.50. The van der Waals surface area contributed by atoms with E-state index in [-0.39, 0.29) is 0 Å². The van der Waals surface area contributed by atoms with Gasteiger partial charge in [0.1, 0.15) is 5.75 Å². The fraction of sp³-hybridized carbons (Fsp3) is 0.583. The Kier molecular flexibility index (Phi) is 4.95. The number of hydrogen-bond donors (Lipinski definition) is 1. The van der Waals surface area contributed by atoms with Crippen molar-refractivity contribution in [3.63, 3.8) is 0 Å². The van der Waals surface area contributed by atoms with Crippen LogP contribution >= 0.6 is 0 Å². The van der Waals surface area contributed by atoms with Gasteiger partial charge in [-0.2, -0.15) is 0 Å². The lowest BCUT2D eigenvalue weighted by molar-refractivity contribution is 0.270. The SMILES string of the molecule is CCCNc1cncc(OCC(C)C)c1. The summed E-state index contributed by atoms with van der Waals surface area (Å²) in [6.07, 6.45) is 4.68. The van der Waals surface area contributed by atoms with E-state index < -0.39 is 0 Å². The number of ether oxygens (including phenoxy) is 1. The van der Waals surface area contributed by atoms with Crippen LogP contribution < -0.4 is 10.1 Å². The zero-order valence-corrected chi connectivity index (χ0v) is 9.79. The second kappa shape index (κ2) is 6.27. The molecule has 3 heteroatoms. The molecule has 0 atom stereocenters. The molecular weight excluding hydrogens is 188 g/mol. The first kappa shape index (κ1) is 11.8. The molecule has 0 saturated carbocycles. The monoisotopic (exact) mass is 208 g/mol. The number of aromatic nitrogens is 1. The lowest BCUT2D eigenvalue weighted by Gasteiger charge is -2.10. The maximum absolute atomic E-state index is 5.59. The van der Waals surface area contributed by atoms with Crippen molar-refractivity contribution < 1.29 is 4.74 Å². The Labute approximate surface area is 91.9 Å². The first-order chi connectivity index (χ1) is 7.22. The Hall–Kier alpha value is -1.25. The summed E-state index contributed by atoms with van der Waals surface area (Å²) in [5.74, 6) is 1.38. The molecule has 1 aromatic heterocycles. The van der Waals surface area contributed by atoms with Crippen molar-refractivity contribution in [3.8, 4) is 5.75 Å². The van der Waals surface area contributed by atoms with Gasteiger partial charge in [-0.3, -0.25) is 4.98 Å². The van der Waals surface area contributed by atoms with E-state index in [1.807, 2.05) is 12.3 Å². The first-order valence-corrected chi connectivity index (χ1v) is 5.54. The van der Waals surface area contributed by atoms with Gasteiger partial charge in [0.2, 0.25) is 0 Å². The molecule has 0 radical (unpaired) electrons. The van der Waals surface area contributed by atoms with Gasteiger partial charge in [0.05, 0.1) is 24.7 Å². The van der Waals surface area contributed by atoms with Crippen LogP contribution in [0.2, 0.25) is 0 Å². The van der Waals surface area contributed by atoms with Crippen LogP contribution in [0, 0.1) is 5.92 Å². The number of rotatable bonds is 6. The van der Waals surface area contributed by atoms with E-state index in [0.29, 0.717) is 5.92 Å². The van der Waals surface area contributed by atoms with Gasteiger partial charge in [-0.15, -0.1) is 0 Å². The summed E-state index contributed by atoms with van der Waals surface area (Å²) in [6.45, 7) is 8.10. The lowest BCUT2D eigenvalue weighted by Crippen LogP contribution is -2.05. The number of pyridine rings is 1. The zero-order chi connectivity index (χ0) is 11.1. The highest BCUT2D eigenvalue weighted by Gasteiger charge is 1.99. The third-order valence-corrected chi connectivity index (χ3v) is 1.88.